The van der Waals surface area contributed by atoms with Crippen LogP contribution >= 0.6 is 15.9 Å². The minimum atomic E-state index is -4.22. The van der Waals surface area contributed by atoms with Crippen LogP contribution in [0, 0.1) is 0 Å². The molecule has 1 aliphatic carbocycles. The SMILES string of the molecule is FC(F)(F)COC1(CBr)CCCCCC1. The van der Waals surface area contributed by atoms with E-state index in [1.165, 1.54) is 0 Å². The van der Waals surface area contributed by atoms with Gasteiger partial charge in [-0.25, -0.2) is 0 Å². The molecule has 0 radical (unpaired) electrons. The van der Waals surface area contributed by atoms with E-state index in [2.05, 4.69) is 15.9 Å². The zero-order valence-electron chi connectivity index (χ0n) is 8.58. The minimum Gasteiger partial charge on any atom is -0.365 e. The Balaban J connectivity index is 2.50. The van der Waals surface area contributed by atoms with Crippen LogP contribution in [-0.4, -0.2) is 23.7 Å². The van der Waals surface area contributed by atoms with Crippen molar-refractivity contribution in [2.24, 2.45) is 0 Å². The monoisotopic (exact) mass is 288 g/mol. The Morgan fingerprint density at radius 3 is 2.00 bits per heavy atom. The lowest BCUT2D eigenvalue weighted by molar-refractivity contribution is -0.203. The third kappa shape index (κ3) is 4.72. The maximum absolute atomic E-state index is 12.1. The largest absolute Gasteiger partial charge is 0.411 e. The number of hydrogen-bond acceptors (Lipinski definition) is 1. The van der Waals surface area contributed by atoms with Crippen molar-refractivity contribution in [2.75, 3.05) is 11.9 Å². The third-order valence-electron chi connectivity index (χ3n) is 2.80. The fourth-order valence-corrected chi connectivity index (χ4v) is 2.65. The second-order valence-electron chi connectivity index (χ2n) is 4.13. The molecule has 1 saturated carbocycles. The highest BCUT2D eigenvalue weighted by Gasteiger charge is 2.36. The molecule has 0 aliphatic heterocycles. The molecule has 1 aliphatic rings. The van der Waals surface area contributed by atoms with Crippen molar-refractivity contribution >= 4 is 15.9 Å². The summed E-state index contributed by atoms with van der Waals surface area (Å²) in [6, 6.07) is 0. The Bertz CT molecular complexity index is 186. The Kier molecular flexibility index (Phi) is 4.90. The molecule has 1 rings (SSSR count). The van der Waals surface area contributed by atoms with E-state index in [0.717, 1.165) is 38.5 Å². The Hall–Kier alpha value is 0.230. The summed E-state index contributed by atoms with van der Waals surface area (Å²) < 4.78 is 41.3. The smallest absolute Gasteiger partial charge is 0.365 e. The zero-order valence-corrected chi connectivity index (χ0v) is 10.2. The molecule has 0 saturated heterocycles. The van der Waals surface area contributed by atoms with Gasteiger partial charge in [0.15, 0.2) is 0 Å². The van der Waals surface area contributed by atoms with Crippen LogP contribution in [-0.2, 0) is 4.74 Å². The highest BCUT2D eigenvalue weighted by molar-refractivity contribution is 9.09. The maximum atomic E-state index is 12.1. The lowest BCUT2D eigenvalue weighted by Gasteiger charge is -2.31. The molecule has 0 N–H and O–H groups in total. The minimum absolute atomic E-state index is 0.496. The highest BCUT2D eigenvalue weighted by Crippen LogP contribution is 2.33. The third-order valence-corrected chi connectivity index (χ3v) is 3.82. The van der Waals surface area contributed by atoms with Crippen LogP contribution in [0.3, 0.4) is 0 Å². The van der Waals surface area contributed by atoms with Gasteiger partial charge in [-0.15, -0.1) is 0 Å². The summed E-state index contributed by atoms with van der Waals surface area (Å²) in [5.74, 6) is 0. The summed E-state index contributed by atoms with van der Waals surface area (Å²) in [5.41, 5.74) is -0.591. The van der Waals surface area contributed by atoms with Gasteiger partial charge in [0.1, 0.15) is 6.61 Å². The molecule has 0 aromatic carbocycles. The van der Waals surface area contributed by atoms with Crippen LogP contribution in [0.2, 0.25) is 0 Å². The lowest BCUT2D eigenvalue weighted by atomic mass is 9.97. The van der Waals surface area contributed by atoms with Gasteiger partial charge in [0, 0.05) is 5.33 Å². The topological polar surface area (TPSA) is 9.23 Å². The second-order valence-corrected chi connectivity index (χ2v) is 4.70. The second kappa shape index (κ2) is 5.53. The molecule has 0 spiro atoms. The molecule has 0 amide bonds. The zero-order chi connectivity index (χ0) is 11.4. The first-order valence-corrected chi connectivity index (χ1v) is 6.36. The molecule has 15 heavy (non-hydrogen) atoms. The summed E-state index contributed by atoms with van der Waals surface area (Å²) in [7, 11) is 0. The normalized spacial score (nSPS) is 22.4. The van der Waals surface area contributed by atoms with Crippen LogP contribution in [0.1, 0.15) is 38.5 Å². The van der Waals surface area contributed by atoms with E-state index in [0.29, 0.717) is 5.33 Å². The van der Waals surface area contributed by atoms with E-state index >= 15 is 0 Å². The summed E-state index contributed by atoms with van der Waals surface area (Å²) >= 11 is 3.28. The van der Waals surface area contributed by atoms with Crippen LogP contribution in [0.25, 0.3) is 0 Å². The van der Waals surface area contributed by atoms with E-state index in [4.69, 9.17) is 4.74 Å². The summed E-state index contributed by atoms with van der Waals surface area (Å²) in [4.78, 5) is 0. The molecule has 0 aromatic rings. The van der Waals surface area contributed by atoms with Crippen molar-refractivity contribution in [2.45, 2.75) is 50.3 Å². The van der Waals surface area contributed by atoms with E-state index in [9.17, 15) is 13.2 Å². The van der Waals surface area contributed by atoms with Crippen LogP contribution in [0.4, 0.5) is 13.2 Å². The standard InChI is InChI=1S/C10H16BrF3O/c11-7-9(15-8-10(12,13)14)5-3-1-2-4-6-9/h1-8H2. The number of alkyl halides is 4. The predicted molar refractivity (Wildman–Crippen MR) is 56.2 cm³/mol. The van der Waals surface area contributed by atoms with E-state index in [1.54, 1.807) is 0 Å². The van der Waals surface area contributed by atoms with Crippen molar-refractivity contribution in [1.29, 1.82) is 0 Å². The Labute approximate surface area is 96.5 Å². The van der Waals surface area contributed by atoms with E-state index in [-0.39, 0.29) is 0 Å². The molecule has 0 bridgehead atoms. The fraction of sp³-hybridized carbons (Fsp3) is 1.00. The molecule has 0 heterocycles. The molecule has 1 fully saturated rings. The number of hydrogen-bond donors (Lipinski definition) is 0. The summed E-state index contributed by atoms with van der Waals surface area (Å²) in [6.45, 7) is -1.13. The molecular formula is C10H16BrF3O. The predicted octanol–water partition coefficient (Wildman–Crippen LogP) is 4.05. The van der Waals surface area contributed by atoms with Crippen molar-refractivity contribution in [3.05, 3.63) is 0 Å². The van der Waals surface area contributed by atoms with Gasteiger partial charge in [-0.2, -0.15) is 13.2 Å². The van der Waals surface area contributed by atoms with Gasteiger partial charge in [-0.1, -0.05) is 41.6 Å². The fourth-order valence-electron chi connectivity index (χ4n) is 1.92. The first kappa shape index (κ1) is 13.3. The molecule has 0 atom stereocenters. The molecular weight excluding hydrogens is 273 g/mol. The Morgan fingerprint density at radius 2 is 1.60 bits per heavy atom. The van der Waals surface area contributed by atoms with Gasteiger partial charge in [-0.3, -0.25) is 0 Å². The van der Waals surface area contributed by atoms with Gasteiger partial charge >= 0.3 is 6.18 Å². The number of rotatable bonds is 3. The molecule has 90 valence electrons. The van der Waals surface area contributed by atoms with Crippen LogP contribution in [0.15, 0.2) is 0 Å². The average molecular weight is 289 g/mol. The quantitative estimate of drug-likeness (QED) is 0.562. The van der Waals surface area contributed by atoms with Gasteiger partial charge in [0.25, 0.3) is 0 Å². The van der Waals surface area contributed by atoms with Crippen molar-refractivity contribution in [3.63, 3.8) is 0 Å². The van der Waals surface area contributed by atoms with Crippen molar-refractivity contribution in [1.82, 2.24) is 0 Å². The first-order chi connectivity index (χ1) is 6.97. The first-order valence-electron chi connectivity index (χ1n) is 5.24. The summed E-state index contributed by atoms with van der Waals surface area (Å²) in [5, 5.41) is 0.496. The van der Waals surface area contributed by atoms with Crippen LogP contribution in [0.5, 0.6) is 0 Å². The highest BCUT2D eigenvalue weighted by atomic mass is 79.9. The molecule has 0 unspecified atom stereocenters. The van der Waals surface area contributed by atoms with Gasteiger partial charge < -0.3 is 4.74 Å². The van der Waals surface area contributed by atoms with Crippen LogP contribution < -0.4 is 0 Å². The molecule has 0 aromatic heterocycles. The number of ether oxygens (including phenoxy) is 1. The average Bonchev–Trinajstić information content (AvgIpc) is 2.40. The molecule has 1 nitrogen and oxygen atoms in total. The van der Waals surface area contributed by atoms with Gasteiger partial charge in [0.05, 0.1) is 5.60 Å². The van der Waals surface area contributed by atoms with Gasteiger partial charge in [0.2, 0.25) is 0 Å². The Morgan fingerprint density at radius 1 is 1.07 bits per heavy atom. The maximum Gasteiger partial charge on any atom is 0.411 e. The van der Waals surface area contributed by atoms with E-state index < -0.39 is 18.4 Å². The lowest BCUT2D eigenvalue weighted by Crippen LogP contribution is -2.37. The van der Waals surface area contributed by atoms with E-state index in [1.807, 2.05) is 0 Å². The van der Waals surface area contributed by atoms with Crippen molar-refractivity contribution in [3.8, 4) is 0 Å². The molecule has 5 heteroatoms. The summed E-state index contributed by atoms with van der Waals surface area (Å²) in [6.07, 6.45) is 1.37. The van der Waals surface area contributed by atoms with Gasteiger partial charge in [-0.05, 0) is 12.8 Å². The number of halogens is 4. The van der Waals surface area contributed by atoms with Crippen molar-refractivity contribution < 1.29 is 17.9 Å².